The van der Waals surface area contributed by atoms with E-state index < -0.39 is 0 Å². The summed E-state index contributed by atoms with van der Waals surface area (Å²) in [5, 5.41) is 6.82. The van der Waals surface area contributed by atoms with Gasteiger partial charge in [0.15, 0.2) is 0 Å². The lowest BCUT2D eigenvalue weighted by atomic mass is 10.1. The van der Waals surface area contributed by atoms with Gasteiger partial charge < -0.3 is 16.4 Å². The number of anilines is 3. The zero-order valence-corrected chi connectivity index (χ0v) is 13.4. The number of unbranched alkanes of at least 4 members (excludes halogenated alkanes) is 1. The summed E-state index contributed by atoms with van der Waals surface area (Å²) in [6, 6.07) is 16.3. The van der Waals surface area contributed by atoms with Crippen molar-refractivity contribution in [2.75, 3.05) is 16.4 Å². The molecule has 2 rings (SSSR count). The van der Waals surface area contributed by atoms with Crippen molar-refractivity contribution < 1.29 is 0 Å². The van der Waals surface area contributed by atoms with E-state index in [2.05, 4.69) is 36.6 Å². The predicted molar refractivity (Wildman–Crippen MR) is 96.9 cm³/mol. The van der Waals surface area contributed by atoms with Gasteiger partial charge in [0.05, 0.1) is 11.4 Å². The molecule has 0 saturated heterocycles. The largest absolute Gasteiger partial charge is 0.397 e. The number of nitrogen functional groups attached to an aromatic ring is 1. The van der Waals surface area contributed by atoms with Crippen molar-refractivity contribution in [3.05, 3.63) is 66.0 Å². The molecule has 0 aromatic heterocycles. The summed E-state index contributed by atoms with van der Waals surface area (Å²) in [5.74, 6) is 0.962. The zero-order valence-electron chi connectivity index (χ0n) is 13.4. The third-order valence-corrected chi connectivity index (χ3v) is 3.48. The SMILES string of the molecule is CCCC=C(Nc1ccccc1)Nc1ccc(CC)cc1N. The summed E-state index contributed by atoms with van der Waals surface area (Å²) in [6.45, 7) is 4.30. The van der Waals surface area contributed by atoms with E-state index in [4.69, 9.17) is 5.73 Å². The molecule has 0 spiro atoms. The van der Waals surface area contributed by atoms with Crippen LogP contribution < -0.4 is 16.4 Å². The Bertz CT molecular complexity index is 618. The minimum Gasteiger partial charge on any atom is -0.397 e. The number of allylic oxidation sites excluding steroid dienone is 1. The zero-order chi connectivity index (χ0) is 15.8. The predicted octanol–water partition coefficient (Wildman–Crippen LogP) is 5.00. The maximum Gasteiger partial charge on any atom is 0.103 e. The minimum absolute atomic E-state index is 0.775. The first-order valence-corrected chi connectivity index (χ1v) is 7.90. The average Bonchev–Trinajstić information content (AvgIpc) is 2.55. The van der Waals surface area contributed by atoms with Gasteiger partial charge in [0.2, 0.25) is 0 Å². The van der Waals surface area contributed by atoms with Crippen LogP contribution in [0.25, 0.3) is 0 Å². The van der Waals surface area contributed by atoms with Crippen LogP contribution in [0.5, 0.6) is 0 Å². The topological polar surface area (TPSA) is 50.1 Å². The lowest BCUT2D eigenvalue weighted by Gasteiger charge is -2.16. The number of nitrogens with one attached hydrogen (secondary N) is 2. The molecule has 116 valence electrons. The van der Waals surface area contributed by atoms with E-state index >= 15 is 0 Å². The van der Waals surface area contributed by atoms with Gasteiger partial charge in [0.25, 0.3) is 0 Å². The fourth-order valence-electron chi connectivity index (χ4n) is 2.19. The van der Waals surface area contributed by atoms with E-state index in [0.29, 0.717) is 0 Å². The summed E-state index contributed by atoms with van der Waals surface area (Å²) >= 11 is 0. The summed E-state index contributed by atoms with van der Waals surface area (Å²) in [4.78, 5) is 0. The molecule has 2 aromatic carbocycles. The van der Waals surface area contributed by atoms with Gasteiger partial charge in [-0.05, 0) is 48.7 Å². The molecular weight excluding hydrogens is 270 g/mol. The molecule has 2 aromatic rings. The number of hydrogen-bond donors (Lipinski definition) is 3. The molecule has 0 amide bonds. The first-order valence-electron chi connectivity index (χ1n) is 7.90. The van der Waals surface area contributed by atoms with Crippen molar-refractivity contribution in [3.8, 4) is 0 Å². The van der Waals surface area contributed by atoms with Crippen LogP contribution in [0.1, 0.15) is 32.3 Å². The summed E-state index contributed by atoms with van der Waals surface area (Å²) < 4.78 is 0. The van der Waals surface area contributed by atoms with Crippen molar-refractivity contribution in [2.24, 2.45) is 0 Å². The van der Waals surface area contributed by atoms with Crippen molar-refractivity contribution >= 4 is 17.1 Å². The Morgan fingerprint density at radius 3 is 2.45 bits per heavy atom. The van der Waals surface area contributed by atoms with Gasteiger partial charge in [-0.1, -0.05) is 44.5 Å². The normalized spacial score (nSPS) is 11.3. The molecule has 0 atom stereocenters. The van der Waals surface area contributed by atoms with Gasteiger partial charge in [-0.2, -0.15) is 0 Å². The Morgan fingerprint density at radius 1 is 1.05 bits per heavy atom. The second-order valence-corrected chi connectivity index (χ2v) is 5.30. The number of aryl methyl sites for hydroxylation is 1. The summed E-state index contributed by atoms with van der Waals surface area (Å²) in [6.07, 6.45) is 5.27. The van der Waals surface area contributed by atoms with Crippen LogP contribution in [0.3, 0.4) is 0 Å². The molecule has 0 aliphatic rings. The van der Waals surface area contributed by atoms with Crippen molar-refractivity contribution in [2.45, 2.75) is 33.1 Å². The smallest absolute Gasteiger partial charge is 0.103 e. The summed E-state index contributed by atoms with van der Waals surface area (Å²) in [5.41, 5.74) is 10.2. The summed E-state index contributed by atoms with van der Waals surface area (Å²) in [7, 11) is 0. The molecule has 22 heavy (non-hydrogen) atoms. The molecule has 3 heteroatoms. The molecule has 0 bridgehead atoms. The van der Waals surface area contributed by atoms with Gasteiger partial charge in [-0.15, -0.1) is 0 Å². The second kappa shape index (κ2) is 8.13. The molecular formula is C19H25N3. The Kier molecular flexibility index (Phi) is 5.90. The number of rotatable bonds is 7. The standard InChI is InChI=1S/C19H25N3/c1-3-5-11-19(21-16-9-7-6-8-10-16)22-18-13-12-15(4-2)14-17(18)20/h6-14,21-22H,3-5,20H2,1-2H3. The highest BCUT2D eigenvalue weighted by atomic mass is 15.1. The Morgan fingerprint density at radius 2 is 1.82 bits per heavy atom. The van der Waals surface area contributed by atoms with E-state index in [1.807, 2.05) is 42.5 Å². The lowest BCUT2D eigenvalue weighted by Crippen LogP contribution is -2.11. The Hall–Kier alpha value is -2.42. The maximum absolute atomic E-state index is 6.15. The Balaban J connectivity index is 2.16. The van der Waals surface area contributed by atoms with Crippen LogP contribution in [-0.4, -0.2) is 0 Å². The fraction of sp³-hybridized carbons (Fsp3) is 0.263. The first kappa shape index (κ1) is 16.0. The highest BCUT2D eigenvalue weighted by molar-refractivity contribution is 5.70. The third-order valence-electron chi connectivity index (χ3n) is 3.48. The molecule has 0 saturated carbocycles. The van der Waals surface area contributed by atoms with Crippen LogP contribution >= 0.6 is 0 Å². The van der Waals surface area contributed by atoms with Crippen LogP contribution in [-0.2, 0) is 6.42 Å². The number of benzene rings is 2. The first-order chi connectivity index (χ1) is 10.7. The van der Waals surface area contributed by atoms with Gasteiger partial charge in [0.1, 0.15) is 5.82 Å². The van der Waals surface area contributed by atoms with Gasteiger partial charge in [0, 0.05) is 5.69 Å². The minimum atomic E-state index is 0.775. The molecule has 0 radical (unpaired) electrons. The molecule has 0 aliphatic carbocycles. The number of nitrogens with two attached hydrogens (primary N) is 1. The second-order valence-electron chi connectivity index (χ2n) is 5.30. The molecule has 0 unspecified atom stereocenters. The van der Waals surface area contributed by atoms with Crippen molar-refractivity contribution in [1.82, 2.24) is 0 Å². The maximum atomic E-state index is 6.15. The molecule has 4 N–H and O–H groups in total. The average molecular weight is 295 g/mol. The van der Waals surface area contributed by atoms with E-state index in [1.165, 1.54) is 5.56 Å². The van der Waals surface area contributed by atoms with Gasteiger partial charge >= 0.3 is 0 Å². The van der Waals surface area contributed by atoms with Crippen LogP contribution in [0.4, 0.5) is 17.1 Å². The Labute approximate surface area is 133 Å². The number of hydrogen-bond acceptors (Lipinski definition) is 3. The monoisotopic (exact) mass is 295 g/mol. The van der Waals surface area contributed by atoms with Crippen LogP contribution in [0.2, 0.25) is 0 Å². The highest BCUT2D eigenvalue weighted by Crippen LogP contribution is 2.22. The van der Waals surface area contributed by atoms with Crippen LogP contribution in [0, 0.1) is 0 Å². The number of para-hydroxylation sites is 1. The van der Waals surface area contributed by atoms with E-state index in [1.54, 1.807) is 0 Å². The van der Waals surface area contributed by atoms with Crippen molar-refractivity contribution in [1.29, 1.82) is 0 Å². The van der Waals surface area contributed by atoms with E-state index in [-0.39, 0.29) is 0 Å². The fourth-order valence-corrected chi connectivity index (χ4v) is 2.19. The van der Waals surface area contributed by atoms with Gasteiger partial charge in [-0.3, -0.25) is 0 Å². The van der Waals surface area contributed by atoms with Gasteiger partial charge in [-0.25, -0.2) is 0 Å². The molecule has 0 heterocycles. The quantitative estimate of drug-likeness (QED) is 0.630. The highest BCUT2D eigenvalue weighted by Gasteiger charge is 2.03. The third kappa shape index (κ3) is 4.55. The molecule has 0 fully saturated rings. The lowest BCUT2D eigenvalue weighted by molar-refractivity contribution is 0.950. The van der Waals surface area contributed by atoms with Crippen molar-refractivity contribution in [3.63, 3.8) is 0 Å². The van der Waals surface area contributed by atoms with E-state index in [9.17, 15) is 0 Å². The van der Waals surface area contributed by atoms with Crippen LogP contribution in [0.15, 0.2) is 60.4 Å². The van der Waals surface area contributed by atoms with E-state index in [0.717, 1.165) is 42.1 Å². The molecule has 3 nitrogen and oxygen atoms in total. The molecule has 0 aliphatic heterocycles.